The summed E-state index contributed by atoms with van der Waals surface area (Å²) < 4.78 is 10.4. The van der Waals surface area contributed by atoms with Crippen molar-refractivity contribution in [1.29, 1.82) is 0 Å². The van der Waals surface area contributed by atoms with E-state index in [2.05, 4.69) is 11.8 Å². The SMILES string of the molecule is CC#Cc1ccc([C@H]2OC(CO)[C@@H](O)C(O)C2O)c(C)c1.OCC1OCC(O)C(O)[C@@H]1O. The molecule has 0 bridgehead atoms. The summed E-state index contributed by atoms with van der Waals surface area (Å²) in [6, 6.07) is 5.45. The van der Waals surface area contributed by atoms with Crippen molar-refractivity contribution in [2.45, 2.75) is 68.8 Å². The van der Waals surface area contributed by atoms with E-state index in [1.54, 1.807) is 19.1 Å². The lowest BCUT2D eigenvalue weighted by Gasteiger charge is -2.40. The summed E-state index contributed by atoms with van der Waals surface area (Å²) in [4.78, 5) is 0. The van der Waals surface area contributed by atoms with Gasteiger partial charge < -0.3 is 50.3 Å². The average Bonchev–Trinajstić information content (AvgIpc) is 2.78. The number of benzene rings is 1. The van der Waals surface area contributed by atoms with Crippen LogP contribution in [0, 0.1) is 18.8 Å². The lowest BCUT2D eigenvalue weighted by Crippen LogP contribution is -2.55. The van der Waals surface area contributed by atoms with E-state index >= 15 is 0 Å². The van der Waals surface area contributed by atoms with Crippen molar-refractivity contribution in [3.8, 4) is 11.8 Å². The maximum Gasteiger partial charge on any atom is 0.113 e. The molecule has 10 nitrogen and oxygen atoms in total. The first kappa shape index (κ1) is 26.6. The van der Waals surface area contributed by atoms with Gasteiger partial charge in [-0.2, -0.15) is 0 Å². The molecule has 1 aromatic rings. The van der Waals surface area contributed by atoms with Crippen LogP contribution in [0.2, 0.25) is 0 Å². The summed E-state index contributed by atoms with van der Waals surface area (Å²) in [6.07, 6.45) is -9.94. The Labute approximate surface area is 186 Å². The van der Waals surface area contributed by atoms with Gasteiger partial charge in [0, 0.05) is 5.56 Å². The van der Waals surface area contributed by atoms with Crippen LogP contribution >= 0.6 is 0 Å². The summed E-state index contributed by atoms with van der Waals surface area (Å²) in [6.45, 7) is 2.77. The molecule has 2 saturated heterocycles. The Morgan fingerprint density at radius 3 is 2.06 bits per heavy atom. The Balaban J connectivity index is 0.000000278. The zero-order valence-corrected chi connectivity index (χ0v) is 17.9. The minimum atomic E-state index is -1.37. The quantitative estimate of drug-likeness (QED) is 0.224. The second-order valence-corrected chi connectivity index (χ2v) is 7.80. The average molecular weight is 456 g/mol. The highest BCUT2D eigenvalue weighted by Gasteiger charge is 2.44. The molecular formula is C22H32O10. The number of hydrogen-bond donors (Lipinski definition) is 8. The van der Waals surface area contributed by atoms with E-state index in [1.165, 1.54) is 0 Å². The first-order valence-corrected chi connectivity index (χ1v) is 10.3. The Kier molecular flexibility index (Phi) is 10.00. The second-order valence-electron chi connectivity index (χ2n) is 7.80. The third-order valence-electron chi connectivity index (χ3n) is 5.52. The van der Waals surface area contributed by atoms with E-state index in [1.807, 2.05) is 13.0 Å². The van der Waals surface area contributed by atoms with Gasteiger partial charge in [-0.3, -0.25) is 0 Å². The van der Waals surface area contributed by atoms with Gasteiger partial charge in [0.15, 0.2) is 0 Å². The first-order valence-electron chi connectivity index (χ1n) is 10.3. The van der Waals surface area contributed by atoms with Gasteiger partial charge in [-0.15, -0.1) is 5.92 Å². The van der Waals surface area contributed by atoms with Gasteiger partial charge in [0.25, 0.3) is 0 Å². The molecule has 0 aliphatic carbocycles. The molecule has 6 unspecified atom stereocenters. The highest BCUT2D eigenvalue weighted by atomic mass is 16.5. The number of aliphatic hydroxyl groups excluding tert-OH is 8. The monoisotopic (exact) mass is 456 g/mol. The lowest BCUT2D eigenvalue weighted by atomic mass is 9.89. The van der Waals surface area contributed by atoms with E-state index in [0.29, 0.717) is 5.56 Å². The Hall–Kier alpha value is -1.62. The molecule has 2 aliphatic rings. The predicted molar refractivity (Wildman–Crippen MR) is 111 cm³/mol. The van der Waals surface area contributed by atoms with Crippen molar-refractivity contribution >= 4 is 0 Å². The summed E-state index contributed by atoms with van der Waals surface area (Å²) in [5.41, 5.74) is 2.41. The standard InChI is InChI=1S/C16H20O5.C6H12O5/c1-3-4-10-5-6-11(9(2)7-10)16-15(20)14(19)13(18)12(8-17)21-16;7-1-4-6(10)5(9)3(8)2-11-4/h5-7,12-20H,8H2,1-2H3;3-10H,1-2H2/t12?,13-,14?,15?,16-;3?,4?,5?,6-/m11/s1. The molecule has 2 aliphatic heterocycles. The molecule has 8 N–H and O–H groups in total. The van der Waals surface area contributed by atoms with Gasteiger partial charge in [-0.05, 0) is 37.1 Å². The van der Waals surface area contributed by atoms with E-state index in [0.717, 1.165) is 11.1 Å². The van der Waals surface area contributed by atoms with Gasteiger partial charge in [0.05, 0.1) is 19.8 Å². The molecule has 0 saturated carbocycles. The number of ether oxygens (including phenoxy) is 2. The summed E-state index contributed by atoms with van der Waals surface area (Å²) >= 11 is 0. The molecule has 0 spiro atoms. The highest BCUT2D eigenvalue weighted by molar-refractivity contribution is 5.41. The largest absolute Gasteiger partial charge is 0.394 e. The minimum Gasteiger partial charge on any atom is -0.394 e. The highest BCUT2D eigenvalue weighted by Crippen LogP contribution is 2.34. The van der Waals surface area contributed by atoms with Crippen LogP contribution in [0.5, 0.6) is 0 Å². The third kappa shape index (κ3) is 6.03. The van der Waals surface area contributed by atoms with E-state index in [-0.39, 0.29) is 13.2 Å². The minimum absolute atomic E-state index is 0.0521. The summed E-state index contributed by atoms with van der Waals surface area (Å²) in [5.74, 6) is 5.75. The molecule has 9 atom stereocenters. The zero-order chi connectivity index (χ0) is 24.0. The number of aliphatic hydroxyl groups is 8. The van der Waals surface area contributed by atoms with Crippen LogP contribution in [0.1, 0.15) is 29.7 Å². The predicted octanol–water partition coefficient (Wildman–Crippen LogP) is -2.66. The molecule has 32 heavy (non-hydrogen) atoms. The van der Waals surface area contributed by atoms with Crippen molar-refractivity contribution in [3.63, 3.8) is 0 Å². The molecule has 3 rings (SSSR count). The van der Waals surface area contributed by atoms with Crippen LogP contribution in [0.4, 0.5) is 0 Å². The molecule has 2 heterocycles. The molecule has 0 aromatic heterocycles. The Morgan fingerprint density at radius 2 is 1.50 bits per heavy atom. The summed E-state index contributed by atoms with van der Waals surface area (Å²) in [7, 11) is 0. The van der Waals surface area contributed by atoms with E-state index < -0.39 is 61.5 Å². The molecule has 2 fully saturated rings. The van der Waals surface area contributed by atoms with Crippen molar-refractivity contribution in [3.05, 3.63) is 34.9 Å². The van der Waals surface area contributed by atoms with Crippen LogP contribution < -0.4 is 0 Å². The maximum atomic E-state index is 10.1. The fourth-order valence-electron chi connectivity index (χ4n) is 3.60. The number of rotatable bonds is 3. The first-order chi connectivity index (χ1) is 15.2. The fraction of sp³-hybridized carbons (Fsp3) is 0.636. The van der Waals surface area contributed by atoms with E-state index in [4.69, 9.17) is 29.9 Å². The van der Waals surface area contributed by atoms with Crippen LogP contribution in [-0.4, -0.2) is 110 Å². The van der Waals surface area contributed by atoms with Crippen LogP contribution in [-0.2, 0) is 9.47 Å². The Morgan fingerprint density at radius 1 is 0.875 bits per heavy atom. The third-order valence-corrected chi connectivity index (χ3v) is 5.52. The fourth-order valence-corrected chi connectivity index (χ4v) is 3.60. The number of hydrogen-bond acceptors (Lipinski definition) is 10. The zero-order valence-electron chi connectivity index (χ0n) is 17.9. The van der Waals surface area contributed by atoms with Crippen molar-refractivity contribution in [1.82, 2.24) is 0 Å². The van der Waals surface area contributed by atoms with Gasteiger partial charge >= 0.3 is 0 Å². The van der Waals surface area contributed by atoms with Gasteiger partial charge in [-0.1, -0.05) is 12.0 Å². The molecule has 10 heteroatoms. The van der Waals surface area contributed by atoms with Crippen molar-refractivity contribution in [2.24, 2.45) is 0 Å². The van der Waals surface area contributed by atoms with Gasteiger partial charge in [-0.25, -0.2) is 0 Å². The van der Waals surface area contributed by atoms with Crippen molar-refractivity contribution in [2.75, 3.05) is 19.8 Å². The molecule has 1 aromatic carbocycles. The van der Waals surface area contributed by atoms with Gasteiger partial charge in [0.1, 0.15) is 54.9 Å². The molecule has 0 radical (unpaired) electrons. The Bertz CT molecular complexity index is 787. The topological polar surface area (TPSA) is 180 Å². The maximum absolute atomic E-state index is 10.1. The molecule has 0 amide bonds. The number of aryl methyl sites for hydroxylation is 1. The van der Waals surface area contributed by atoms with Crippen LogP contribution in [0.15, 0.2) is 18.2 Å². The van der Waals surface area contributed by atoms with Crippen LogP contribution in [0.3, 0.4) is 0 Å². The summed E-state index contributed by atoms with van der Waals surface area (Å²) in [5, 5.41) is 74.7. The van der Waals surface area contributed by atoms with E-state index in [9.17, 15) is 20.4 Å². The van der Waals surface area contributed by atoms with Crippen molar-refractivity contribution < 1.29 is 50.3 Å². The van der Waals surface area contributed by atoms with Gasteiger partial charge in [0.2, 0.25) is 0 Å². The smallest absolute Gasteiger partial charge is 0.113 e. The molecular weight excluding hydrogens is 424 g/mol. The normalized spacial score (nSPS) is 37.0. The molecule has 180 valence electrons. The second kappa shape index (κ2) is 12.0. The lowest BCUT2D eigenvalue weighted by molar-refractivity contribution is -0.231. The van der Waals surface area contributed by atoms with Crippen LogP contribution in [0.25, 0.3) is 0 Å².